The van der Waals surface area contributed by atoms with Crippen LogP contribution >= 0.6 is 0 Å². The van der Waals surface area contributed by atoms with Gasteiger partial charge in [0.05, 0.1) is 11.9 Å². The third-order valence-corrected chi connectivity index (χ3v) is 3.56. The summed E-state index contributed by atoms with van der Waals surface area (Å²) in [6.07, 6.45) is 7.16. The number of anilines is 1. The van der Waals surface area contributed by atoms with Gasteiger partial charge in [-0.3, -0.25) is 4.98 Å². The largest absolute Gasteiger partial charge is 0.399 e. The molecule has 0 aliphatic heterocycles. The summed E-state index contributed by atoms with van der Waals surface area (Å²) < 4.78 is 1.83. The van der Waals surface area contributed by atoms with E-state index in [1.54, 1.807) is 12.4 Å². The van der Waals surface area contributed by atoms with Crippen molar-refractivity contribution < 1.29 is 0 Å². The number of aromatic nitrogens is 4. The third-order valence-electron chi connectivity index (χ3n) is 3.56. The van der Waals surface area contributed by atoms with Gasteiger partial charge in [0.15, 0.2) is 5.65 Å². The van der Waals surface area contributed by atoms with E-state index >= 15 is 0 Å². The van der Waals surface area contributed by atoms with Gasteiger partial charge in [-0.1, -0.05) is 18.2 Å². The van der Waals surface area contributed by atoms with E-state index < -0.39 is 0 Å². The maximum Gasteiger partial charge on any atom is 0.163 e. The lowest BCUT2D eigenvalue weighted by molar-refractivity contribution is 0.948. The lowest BCUT2D eigenvalue weighted by Gasteiger charge is -2.06. The molecule has 5 nitrogen and oxygen atoms in total. The molecule has 3 aromatic heterocycles. The fourth-order valence-electron chi connectivity index (χ4n) is 2.53. The molecule has 1 aromatic carbocycles. The summed E-state index contributed by atoms with van der Waals surface area (Å²) in [5.41, 5.74) is 11.3. The predicted molar refractivity (Wildman–Crippen MR) is 86.1 cm³/mol. The summed E-state index contributed by atoms with van der Waals surface area (Å²) in [6, 6.07) is 13.6. The number of nitrogens with two attached hydrogens (primary N) is 1. The average Bonchev–Trinajstić information content (AvgIpc) is 2.99. The number of hydrogen-bond acceptors (Lipinski definition) is 4. The SMILES string of the molecule is Nc1cccc(-c2ccnc3c(-c4cccnc4)cnn23)c1. The van der Waals surface area contributed by atoms with Crippen molar-refractivity contribution in [1.82, 2.24) is 19.6 Å². The van der Waals surface area contributed by atoms with Crippen molar-refractivity contribution in [1.29, 1.82) is 0 Å². The zero-order valence-electron chi connectivity index (χ0n) is 11.7. The van der Waals surface area contributed by atoms with E-state index in [0.29, 0.717) is 0 Å². The maximum atomic E-state index is 5.88. The Morgan fingerprint density at radius 1 is 0.909 bits per heavy atom. The molecule has 106 valence electrons. The Labute approximate surface area is 127 Å². The van der Waals surface area contributed by atoms with Gasteiger partial charge >= 0.3 is 0 Å². The average molecular weight is 287 g/mol. The predicted octanol–water partition coefficient (Wildman–Crippen LogP) is 3.04. The van der Waals surface area contributed by atoms with Crippen LogP contribution in [0, 0.1) is 0 Å². The molecule has 0 unspecified atom stereocenters. The van der Waals surface area contributed by atoms with Crippen molar-refractivity contribution in [3.63, 3.8) is 0 Å². The zero-order chi connectivity index (χ0) is 14.9. The quantitative estimate of drug-likeness (QED) is 0.575. The van der Waals surface area contributed by atoms with E-state index in [0.717, 1.165) is 33.7 Å². The van der Waals surface area contributed by atoms with E-state index in [1.165, 1.54) is 0 Å². The van der Waals surface area contributed by atoms with E-state index in [4.69, 9.17) is 5.73 Å². The monoisotopic (exact) mass is 287 g/mol. The van der Waals surface area contributed by atoms with Crippen LogP contribution in [0.15, 0.2) is 67.3 Å². The van der Waals surface area contributed by atoms with Gasteiger partial charge in [0.2, 0.25) is 0 Å². The fourth-order valence-corrected chi connectivity index (χ4v) is 2.53. The van der Waals surface area contributed by atoms with Crippen LogP contribution < -0.4 is 5.73 Å². The molecule has 22 heavy (non-hydrogen) atoms. The van der Waals surface area contributed by atoms with Crippen LogP contribution in [0.5, 0.6) is 0 Å². The standard InChI is InChI=1S/C17H13N5/c18-14-5-1-3-12(9-14)16-6-8-20-17-15(11-21-22(16)17)13-4-2-7-19-10-13/h1-11H,18H2. The minimum Gasteiger partial charge on any atom is -0.399 e. The molecule has 0 saturated carbocycles. The highest BCUT2D eigenvalue weighted by atomic mass is 15.3. The highest BCUT2D eigenvalue weighted by Gasteiger charge is 2.11. The first-order chi connectivity index (χ1) is 10.8. The summed E-state index contributed by atoms with van der Waals surface area (Å²) in [5, 5.41) is 4.49. The van der Waals surface area contributed by atoms with Crippen molar-refractivity contribution >= 4 is 11.3 Å². The summed E-state index contributed by atoms with van der Waals surface area (Å²) in [4.78, 5) is 8.63. The summed E-state index contributed by atoms with van der Waals surface area (Å²) in [5.74, 6) is 0. The number of rotatable bonds is 2. The van der Waals surface area contributed by atoms with Crippen LogP contribution in [0.25, 0.3) is 28.0 Å². The minimum absolute atomic E-state index is 0.724. The molecule has 0 spiro atoms. The highest BCUT2D eigenvalue weighted by Crippen LogP contribution is 2.27. The van der Waals surface area contributed by atoms with Gasteiger partial charge in [0.25, 0.3) is 0 Å². The van der Waals surface area contributed by atoms with Crippen molar-refractivity contribution in [3.05, 3.63) is 67.3 Å². The smallest absolute Gasteiger partial charge is 0.163 e. The van der Waals surface area contributed by atoms with Crippen molar-refractivity contribution in [2.45, 2.75) is 0 Å². The van der Waals surface area contributed by atoms with E-state index in [2.05, 4.69) is 15.1 Å². The molecule has 5 heteroatoms. The molecule has 4 aromatic rings. The lowest BCUT2D eigenvalue weighted by atomic mass is 10.1. The summed E-state index contributed by atoms with van der Waals surface area (Å²) in [7, 11) is 0. The van der Waals surface area contributed by atoms with E-state index in [-0.39, 0.29) is 0 Å². The van der Waals surface area contributed by atoms with Crippen LogP contribution in [0.4, 0.5) is 5.69 Å². The second-order valence-corrected chi connectivity index (χ2v) is 4.99. The maximum absolute atomic E-state index is 5.88. The molecule has 4 rings (SSSR count). The van der Waals surface area contributed by atoms with Gasteiger partial charge in [-0.2, -0.15) is 5.10 Å². The second-order valence-electron chi connectivity index (χ2n) is 4.99. The molecule has 0 atom stereocenters. The molecular formula is C17H13N5. The van der Waals surface area contributed by atoms with Crippen LogP contribution in [0.1, 0.15) is 0 Å². The molecule has 0 fully saturated rings. The van der Waals surface area contributed by atoms with E-state index in [1.807, 2.05) is 59.4 Å². The number of fused-ring (bicyclic) bond motifs is 1. The van der Waals surface area contributed by atoms with Crippen LogP contribution in [0.2, 0.25) is 0 Å². The Hall–Kier alpha value is -3.21. The topological polar surface area (TPSA) is 69.1 Å². The Morgan fingerprint density at radius 2 is 1.82 bits per heavy atom. The van der Waals surface area contributed by atoms with Crippen LogP contribution in [0.3, 0.4) is 0 Å². The van der Waals surface area contributed by atoms with Crippen molar-refractivity contribution in [2.75, 3.05) is 5.73 Å². The molecule has 0 radical (unpaired) electrons. The first-order valence-electron chi connectivity index (χ1n) is 6.92. The fraction of sp³-hybridized carbons (Fsp3) is 0. The number of benzene rings is 1. The van der Waals surface area contributed by atoms with Gasteiger partial charge in [-0.05, 0) is 24.3 Å². The van der Waals surface area contributed by atoms with Crippen LogP contribution in [-0.4, -0.2) is 19.6 Å². The molecule has 3 heterocycles. The molecule has 2 N–H and O–H groups in total. The van der Waals surface area contributed by atoms with Gasteiger partial charge in [0, 0.05) is 41.0 Å². The van der Waals surface area contributed by atoms with Gasteiger partial charge in [0.1, 0.15) is 0 Å². The van der Waals surface area contributed by atoms with E-state index in [9.17, 15) is 0 Å². The number of hydrogen-bond donors (Lipinski definition) is 1. The second kappa shape index (κ2) is 4.96. The number of nitrogen functional groups attached to an aromatic ring is 1. The Balaban J connectivity index is 1.95. The highest BCUT2D eigenvalue weighted by molar-refractivity contribution is 5.78. The summed E-state index contributed by atoms with van der Waals surface area (Å²) >= 11 is 0. The summed E-state index contributed by atoms with van der Waals surface area (Å²) in [6.45, 7) is 0. The molecular weight excluding hydrogens is 274 g/mol. The van der Waals surface area contributed by atoms with Crippen molar-refractivity contribution in [2.24, 2.45) is 0 Å². The minimum atomic E-state index is 0.724. The first kappa shape index (κ1) is 12.5. The van der Waals surface area contributed by atoms with Gasteiger partial charge in [-0.15, -0.1) is 0 Å². The van der Waals surface area contributed by atoms with Crippen LogP contribution in [-0.2, 0) is 0 Å². The number of pyridine rings is 1. The van der Waals surface area contributed by atoms with Gasteiger partial charge < -0.3 is 5.73 Å². The van der Waals surface area contributed by atoms with Crippen molar-refractivity contribution in [3.8, 4) is 22.4 Å². The zero-order valence-corrected chi connectivity index (χ0v) is 11.7. The van der Waals surface area contributed by atoms with Gasteiger partial charge in [-0.25, -0.2) is 9.50 Å². The normalized spacial score (nSPS) is 10.9. The Kier molecular flexibility index (Phi) is 2.83. The molecule has 0 bridgehead atoms. The molecule has 0 saturated heterocycles. The number of nitrogens with zero attached hydrogens (tertiary/aromatic N) is 4. The third kappa shape index (κ3) is 2.00. The lowest BCUT2D eigenvalue weighted by Crippen LogP contribution is -1.96. The first-order valence-corrected chi connectivity index (χ1v) is 6.92. The Bertz CT molecular complexity index is 944. The Morgan fingerprint density at radius 3 is 2.64 bits per heavy atom. The molecule has 0 aliphatic carbocycles. The molecule has 0 amide bonds. The molecule has 0 aliphatic rings.